The minimum atomic E-state index is 0.253. The van der Waals surface area contributed by atoms with Crippen LogP contribution in [0, 0.1) is 5.92 Å². The summed E-state index contributed by atoms with van der Waals surface area (Å²) in [6.07, 6.45) is 9.15. The Morgan fingerprint density at radius 1 is 1.43 bits per heavy atom. The van der Waals surface area contributed by atoms with Crippen LogP contribution in [0.25, 0.3) is 11.5 Å². The molecule has 1 aliphatic heterocycles. The first-order valence-corrected chi connectivity index (χ1v) is 8.13. The second kappa shape index (κ2) is 7.30. The van der Waals surface area contributed by atoms with Crippen LogP contribution in [0.5, 0.6) is 0 Å². The van der Waals surface area contributed by atoms with Crippen LogP contribution in [-0.2, 0) is 11.2 Å². The van der Waals surface area contributed by atoms with Gasteiger partial charge in [-0.25, -0.2) is 4.98 Å². The van der Waals surface area contributed by atoms with E-state index < -0.39 is 0 Å². The van der Waals surface area contributed by atoms with Crippen LogP contribution in [-0.4, -0.2) is 44.0 Å². The first kappa shape index (κ1) is 15.6. The molecule has 1 amide bonds. The smallest absolute Gasteiger partial charge is 0.227 e. The van der Waals surface area contributed by atoms with Gasteiger partial charge in [0.05, 0.1) is 6.20 Å². The first-order chi connectivity index (χ1) is 11.3. The molecule has 23 heavy (non-hydrogen) atoms. The topological polar surface area (TPSA) is 85.0 Å². The number of likely N-dealkylation sites (tertiary alicyclic amines) is 1. The molecular formula is C16H21N5O2. The third-order valence-corrected chi connectivity index (χ3v) is 4.06. The van der Waals surface area contributed by atoms with E-state index in [1.165, 1.54) is 0 Å². The zero-order valence-electron chi connectivity index (χ0n) is 13.3. The van der Waals surface area contributed by atoms with Crippen molar-refractivity contribution in [3.63, 3.8) is 0 Å². The van der Waals surface area contributed by atoms with Gasteiger partial charge < -0.3 is 9.42 Å². The van der Waals surface area contributed by atoms with E-state index >= 15 is 0 Å². The third-order valence-electron chi connectivity index (χ3n) is 4.06. The molecule has 0 aromatic carbocycles. The Hall–Kier alpha value is -2.31. The molecule has 0 N–H and O–H groups in total. The van der Waals surface area contributed by atoms with Crippen LogP contribution in [0.1, 0.15) is 38.5 Å². The Kier molecular flexibility index (Phi) is 4.95. The second-order valence-corrected chi connectivity index (χ2v) is 5.90. The van der Waals surface area contributed by atoms with E-state index in [2.05, 4.69) is 20.1 Å². The highest BCUT2D eigenvalue weighted by atomic mass is 16.5. The average molecular weight is 315 g/mol. The Morgan fingerprint density at radius 3 is 3.13 bits per heavy atom. The standard InChI is InChI=1S/C16H21N5O2/c1-2-4-15(22)21-8-3-5-12(11-21)9-14-19-16(20-23-14)13-10-17-6-7-18-13/h6-7,10,12H,2-5,8-9,11H2,1H3. The van der Waals surface area contributed by atoms with Crippen LogP contribution in [0.4, 0.5) is 0 Å². The molecule has 0 radical (unpaired) electrons. The fraction of sp³-hybridized carbons (Fsp3) is 0.562. The fourth-order valence-electron chi connectivity index (χ4n) is 2.93. The van der Waals surface area contributed by atoms with Crippen LogP contribution in [0.2, 0.25) is 0 Å². The van der Waals surface area contributed by atoms with Crippen molar-refractivity contribution in [2.75, 3.05) is 13.1 Å². The number of rotatable bonds is 5. The number of piperidine rings is 1. The first-order valence-electron chi connectivity index (χ1n) is 8.13. The molecule has 1 unspecified atom stereocenters. The number of hydrogen-bond donors (Lipinski definition) is 0. The lowest BCUT2D eigenvalue weighted by Gasteiger charge is -2.32. The van der Waals surface area contributed by atoms with Crippen LogP contribution >= 0.6 is 0 Å². The zero-order chi connectivity index (χ0) is 16.1. The summed E-state index contributed by atoms with van der Waals surface area (Å²) < 4.78 is 5.33. The van der Waals surface area contributed by atoms with E-state index in [4.69, 9.17) is 4.52 Å². The van der Waals surface area contributed by atoms with Crippen molar-refractivity contribution in [2.24, 2.45) is 5.92 Å². The van der Waals surface area contributed by atoms with Crippen molar-refractivity contribution in [1.82, 2.24) is 25.0 Å². The molecule has 3 heterocycles. The lowest BCUT2D eigenvalue weighted by atomic mass is 9.94. The summed E-state index contributed by atoms with van der Waals surface area (Å²) in [5.41, 5.74) is 0.603. The van der Waals surface area contributed by atoms with E-state index in [9.17, 15) is 4.79 Å². The summed E-state index contributed by atoms with van der Waals surface area (Å²) in [6.45, 7) is 3.68. The zero-order valence-corrected chi connectivity index (χ0v) is 13.3. The Labute approximate surface area is 135 Å². The fourth-order valence-corrected chi connectivity index (χ4v) is 2.93. The van der Waals surface area contributed by atoms with Gasteiger partial charge in [0.2, 0.25) is 17.6 Å². The van der Waals surface area contributed by atoms with E-state index in [0.717, 1.165) is 32.4 Å². The van der Waals surface area contributed by atoms with Gasteiger partial charge in [0, 0.05) is 38.3 Å². The number of amides is 1. The van der Waals surface area contributed by atoms with E-state index in [0.29, 0.717) is 36.2 Å². The Bertz CT molecular complexity index is 643. The summed E-state index contributed by atoms with van der Waals surface area (Å²) >= 11 is 0. The monoisotopic (exact) mass is 315 g/mol. The number of carbonyl (C=O) groups excluding carboxylic acids is 1. The van der Waals surface area contributed by atoms with Gasteiger partial charge in [-0.05, 0) is 25.2 Å². The highest BCUT2D eigenvalue weighted by molar-refractivity contribution is 5.76. The molecule has 1 aliphatic rings. The van der Waals surface area contributed by atoms with Crippen LogP contribution < -0.4 is 0 Å². The number of hydrogen-bond acceptors (Lipinski definition) is 6. The summed E-state index contributed by atoms with van der Waals surface area (Å²) in [5.74, 6) is 1.69. The average Bonchev–Trinajstić information content (AvgIpc) is 3.05. The van der Waals surface area contributed by atoms with E-state index in [1.807, 2.05) is 11.8 Å². The molecule has 2 aromatic rings. The third kappa shape index (κ3) is 3.91. The van der Waals surface area contributed by atoms with Gasteiger partial charge in [0.15, 0.2) is 0 Å². The van der Waals surface area contributed by atoms with Gasteiger partial charge in [-0.2, -0.15) is 4.98 Å². The summed E-state index contributed by atoms with van der Waals surface area (Å²) in [4.78, 5) is 26.6. The predicted octanol–water partition coefficient (Wildman–Crippen LogP) is 2.11. The number of carbonyl (C=O) groups is 1. The Balaban J connectivity index is 1.61. The maximum Gasteiger partial charge on any atom is 0.227 e. The normalized spacial score (nSPS) is 18.1. The minimum Gasteiger partial charge on any atom is -0.342 e. The molecule has 0 spiro atoms. The maximum absolute atomic E-state index is 12.0. The molecule has 0 saturated carbocycles. The van der Waals surface area contributed by atoms with Crippen molar-refractivity contribution in [1.29, 1.82) is 0 Å². The highest BCUT2D eigenvalue weighted by Gasteiger charge is 2.25. The molecule has 2 aromatic heterocycles. The van der Waals surface area contributed by atoms with Crippen LogP contribution in [0.3, 0.4) is 0 Å². The highest BCUT2D eigenvalue weighted by Crippen LogP contribution is 2.22. The lowest BCUT2D eigenvalue weighted by Crippen LogP contribution is -2.40. The largest absolute Gasteiger partial charge is 0.342 e. The maximum atomic E-state index is 12.0. The molecule has 122 valence electrons. The van der Waals surface area contributed by atoms with Crippen molar-refractivity contribution >= 4 is 5.91 Å². The second-order valence-electron chi connectivity index (χ2n) is 5.90. The summed E-state index contributed by atoms with van der Waals surface area (Å²) in [7, 11) is 0. The van der Waals surface area contributed by atoms with Gasteiger partial charge in [0.25, 0.3) is 0 Å². The summed E-state index contributed by atoms with van der Waals surface area (Å²) in [6, 6.07) is 0. The van der Waals surface area contributed by atoms with Crippen molar-refractivity contribution < 1.29 is 9.32 Å². The molecule has 0 bridgehead atoms. The minimum absolute atomic E-state index is 0.253. The van der Waals surface area contributed by atoms with Crippen LogP contribution in [0.15, 0.2) is 23.1 Å². The summed E-state index contributed by atoms with van der Waals surface area (Å²) in [5, 5.41) is 3.97. The molecular weight excluding hydrogens is 294 g/mol. The van der Waals surface area contributed by atoms with E-state index in [1.54, 1.807) is 18.6 Å². The van der Waals surface area contributed by atoms with Crippen molar-refractivity contribution in [2.45, 2.75) is 39.0 Å². The molecule has 7 heteroatoms. The van der Waals surface area contributed by atoms with Gasteiger partial charge >= 0.3 is 0 Å². The molecule has 3 rings (SSSR count). The van der Waals surface area contributed by atoms with E-state index in [-0.39, 0.29) is 5.91 Å². The molecule has 0 aliphatic carbocycles. The van der Waals surface area contributed by atoms with Gasteiger partial charge in [-0.3, -0.25) is 9.78 Å². The SMILES string of the molecule is CCCC(=O)N1CCCC(Cc2nc(-c3cnccn3)no2)C1. The quantitative estimate of drug-likeness (QED) is 0.840. The molecule has 1 saturated heterocycles. The molecule has 1 atom stereocenters. The van der Waals surface area contributed by atoms with Gasteiger partial charge in [0.1, 0.15) is 5.69 Å². The van der Waals surface area contributed by atoms with Gasteiger partial charge in [-0.15, -0.1) is 0 Å². The molecule has 1 fully saturated rings. The predicted molar refractivity (Wildman–Crippen MR) is 83.2 cm³/mol. The Morgan fingerprint density at radius 2 is 2.35 bits per heavy atom. The number of aromatic nitrogens is 4. The van der Waals surface area contributed by atoms with Crippen molar-refractivity contribution in [3.8, 4) is 11.5 Å². The lowest BCUT2D eigenvalue weighted by molar-refractivity contribution is -0.133. The van der Waals surface area contributed by atoms with Crippen molar-refractivity contribution in [3.05, 3.63) is 24.5 Å². The molecule has 7 nitrogen and oxygen atoms in total. The number of nitrogens with zero attached hydrogens (tertiary/aromatic N) is 5. The van der Waals surface area contributed by atoms with Gasteiger partial charge in [-0.1, -0.05) is 12.1 Å².